The maximum atomic E-state index is 5.13. The highest BCUT2D eigenvalue weighted by atomic mass is 16.7. The van der Waals surface area contributed by atoms with Crippen molar-refractivity contribution in [3.8, 4) is 5.75 Å². The van der Waals surface area contributed by atoms with Crippen LogP contribution in [0.5, 0.6) is 5.75 Å². The van der Waals surface area contributed by atoms with E-state index in [1.54, 1.807) is 19.3 Å². The van der Waals surface area contributed by atoms with Crippen molar-refractivity contribution in [3.63, 3.8) is 0 Å². The number of anilines is 2. The Morgan fingerprint density at radius 3 is 2.50 bits per heavy atom. The molecule has 0 amide bonds. The van der Waals surface area contributed by atoms with Gasteiger partial charge in [-0.15, -0.1) is 0 Å². The van der Waals surface area contributed by atoms with E-state index in [2.05, 4.69) is 5.32 Å². The lowest BCUT2D eigenvalue weighted by atomic mass is 10.2. The van der Waals surface area contributed by atoms with Crippen molar-refractivity contribution in [2.75, 3.05) is 38.7 Å². The quantitative estimate of drug-likeness (QED) is 0.744. The molecule has 0 bridgehead atoms. The zero-order valence-corrected chi connectivity index (χ0v) is 9.00. The molecule has 0 saturated heterocycles. The summed E-state index contributed by atoms with van der Waals surface area (Å²) in [5.74, 6) is 0.822. The van der Waals surface area contributed by atoms with Gasteiger partial charge in [-0.25, -0.2) is 0 Å². The maximum absolute atomic E-state index is 5.13. The summed E-state index contributed by atoms with van der Waals surface area (Å²) in [5.41, 5.74) is 1.93. The molecule has 0 unspecified atom stereocenters. The van der Waals surface area contributed by atoms with Gasteiger partial charge in [0.2, 0.25) is 0 Å². The molecule has 4 nitrogen and oxygen atoms in total. The first-order valence-electron chi connectivity index (χ1n) is 4.36. The minimum atomic E-state index is 0.822. The van der Waals surface area contributed by atoms with Crippen molar-refractivity contribution in [3.05, 3.63) is 18.2 Å². The number of rotatable bonds is 4. The van der Waals surface area contributed by atoms with Crippen molar-refractivity contribution < 1.29 is 9.57 Å². The van der Waals surface area contributed by atoms with Gasteiger partial charge in [-0.05, 0) is 12.1 Å². The Bertz CT molecular complexity index is 302. The molecule has 0 atom stereocenters. The molecule has 0 aliphatic carbocycles. The number of hydrogen-bond acceptors (Lipinski definition) is 4. The van der Waals surface area contributed by atoms with Crippen LogP contribution in [0.25, 0.3) is 0 Å². The lowest BCUT2D eigenvalue weighted by Crippen LogP contribution is -2.16. The summed E-state index contributed by atoms with van der Waals surface area (Å²) in [7, 11) is 6.99. The van der Waals surface area contributed by atoms with Gasteiger partial charge >= 0.3 is 0 Å². The Morgan fingerprint density at radius 2 is 2.00 bits per heavy atom. The predicted molar refractivity (Wildman–Crippen MR) is 58.0 cm³/mol. The van der Waals surface area contributed by atoms with Crippen LogP contribution in [0.15, 0.2) is 18.2 Å². The fourth-order valence-electron chi connectivity index (χ4n) is 1.22. The van der Waals surface area contributed by atoms with Crippen LogP contribution in [0.3, 0.4) is 0 Å². The fraction of sp³-hybridized carbons (Fsp3) is 0.400. The highest BCUT2D eigenvalue weighted by molar-refractivity contribution is 5.70. The van der Waals surface area contributed by atoms with Crippen LogP contribution in [-0.4, -0.2) is 28.3 Å². The Hall–Kier alpha value is -1.42. The third kappa shape index (κ3) is 2.09. The Morgan fingerprint density at radius 1 is 1.29 bits per heavy atom. The van der Waals surface area contributed by atoms with E-state index in [1.807, 2.05) is 32.3 Å². The van der Waals surface area contributed by atoms with E-state index in [1.165, 1.54) is 0 Å². The first kappa shape index (κ1) is 10.7. The Balaban J connectivity index is 3.04. The second-order valence-electron chi connectivity index (χ2n) is 2.81. The SMILES string of the molecule is CNc1cc(OC)ccc1N(C)OC. The zero-order valence-electron chi connectivity index (χ0n) is 9.00. The molecule has 0 radical (unpaired) electrons. The van der Waals surface area contributed by atoms with Crippen LogP contribution >= 0.6 is 0 Å². The van der Waals surface area contributed by atoms with Crippen LogP contribution in [-0.2, 0) is 4.84 Å². The maximum Gasteiger partial charge on any atom is 0.121 e. The summed E-state index contributed by atoms with van der Waals surface area (Å²) in [6, 6.07) is 5.75. The van der Waals surface area contributed by atoms with Gasteiger partial charge in [0.05, 0.1) is 25.6 Å². The lowest BCUT2D eigenvalue weighted by Gasteiger charge is -2.19. The molecule has 14 heavy (non-hydrogen) atoms. The molecular formula is C10H16N2O2. The summed E-state index contributed by atoms with van der Waals surface area (Å²) in [5, 5.41) is 4.77. The molecule has 0 fully saturated rings. The van der Waals surface area contributed by atoms with Crippen molar-refractivity contribution in [2.24, 2.45) is 0 Å². The Labute approximate surface area is 84.4 Å². The topological polar surface area (TPSA) is 33.7 Å². The number of ether oxygens (including phenoxy) is 1. The van der Waals surface area contributed by atoms with E-state index in [4.69, 9.17) is 9.57 Å². The van der Waals surface area contributed by atoms with E-state index in [0.717, 1.165) is 17.1 Å². The fourth-order valence-corrected chi connectivity index (χ4v) is 1.22. The van der Waals surface area contributed by atoms with E-state index in [-0.39, 0.29) is 0 Å². The van der Waals surface area contributed by atoms with Crippen molar-refractivity contribution >= 4 is 11.4 Å². The summed E-state index contributed by atoms with van der Waals surface area (Å²) in [4.78, 5) is 5.10. The molecule has 1 rings (SSSR count). The molecule has 0 aromatic heterocycles. The van der Waals surface area contributed by atoms with Crippen LogP contribution in [0.2, 0.25) is 0 Å². The van der Waals surface area contributed by atoms with Gasteiger partial charge < -0.3 is 10.1 Å². The van der Waals surface area contributed by atoms with Crippen LogP contribution < -0.4 is 15.1 Å². The highest BCUT2D eigenvalue weighted by Gasteiger charge is 2.06. The van der Waals surface area contributed by atoms with Crippen LogP contribution in [0.4, 0.5) is 11.4 Å². The van der Waals surface area contributed by atoms with Gasteiger partial charge in [0.15, 0.2) is 0 Å². The minimum Gasteiger partial charge on any atom is -0.497 e. The monoisotopic (exact) mass is 196 g/mol. The molecule has 78 valence electrons. The van der Waals surface area contributed by atoms with Crippen molar-refractivity contribution in [2.45, 2.75) is 0 Å². The van der Waals surface area contributed by atoms with Gasteiger partial charge in [0.1, 0.15) is 5.75 Å². The second-order valence-corrected chi connectivity index (χ2v) is 2.81. The van der Waals surface area contributed by atoms with E-state index in [9.17, 15) is 0 Å². The Kier molecular flexibility index (Phi) is 3.59. The van der Waals surface area contributed by atoms with Crippen molar-refractivity contribution in [1.29, 1.82) is 0 Å². The first-order chi connectivity index (χ1) is 6.72. The molecule has 1 aromatic rings. The molecule has 1 N–H and O–H groups in total. The molecular weight excluding hydrogens is 180 g/mol. The van der Waals surface area contributed by atoms with Gasteiger partial charge in [-0.2, -0.15) is 0 Å². The molecule has 0 aliphatic heterocycles. The number of nitrogens with zero attached hydrogens (tertiary/aromatic N) is 1. The largest absolute Gasteiger partial charge is 0.497 e. The molecule has 0 aliphatic rings. The second kappa shape index (κ2) is 4.72. The van der Waals surface area contributed by atoms with E-state index in [0.29, 0.717) is 0 Å². The van der Waals surface area contributed by atoms with Gasteiger partial charge in [-0.3, -0.25) is 9.90 Å². The minimum absolute atomic E-state index is 0.822. The normalized spacial score (nSPS) is 9.71. The van der Waals surface area contributed by atoms with Gasteiger partial charge in [0, 0.05) is 20.2 Å². The number of methoxy groups -OCH3 is 1. The first-order valence-corrected chi connectivity index (χ1v) is 4.36. The highest BCUT2D eigenvalue weighted by Crippen LogP contribution is 2.28. The molecule has 4 heteroatoms. The molecule has 1 aromatic carbocycles. The van der Waals surface area contributed by atoms with E-state index < -0.39 is 0 Å². The van der Waals surface area contributed by atoms with Crippen LogP contribution in [0, 0.1) is 0 Å². The smallest absolute Gasteiger partial charge is 0.121 e. The summed E-state index contributed by atoms with van der Waals surface area (Å²) >= 11 is 0. The summed E-state index contributed by atoms with van der Waals surface area (Å²) in [6.07, 6.45) is 0. The number of hydrogen-bond donors (Lipinski definition) is 1. The number of benzene rings is 1. The third-order valence-corrected chi connectivity index (χ3v) is 2.09. The predicted octanol–water partition coefficient (Wildman–Crippen LogP) is 1.73. The third-order valence-electron chi connectivity index (χ3n) is 2.09. The average molecular weight is 196 g/mol. The average Bonchev–Trinajstić information content (AvgIpc) is 2.27. The molecule has 0 saturated carbocycles. The summed E-state index contributed by atoms with van der Waals surface area (Å²) in [6.45, 7) is 0. The summed E-state index contributed by atoms with van der Waals surface area (Å²) < 4.78 is 5.13. The molecule has 0 heterocycles. The van der Waals surface area contributed by atoms with Gasteiger partial charge in [0.25, 0.3) is 0 Å². The zero-order chi connectivity index (χ0) is 10.6. The van der Waals surface area contributed by atoms with Crippen LogP contribution in [0.1, 0.15) is 0 Å². The number of hydroxylamine groups is 1. The molecule has 0 spiro atoms. The number of nitrogens with one attached hydrogen (secondary N) is 1. The van der Waals surface area contributed by atoms with Gasteiger partial charge in [-0.1, -0.05) is 0 Å². The van der Waals surface area contributed by atoms with E-state index >= 15 is 0 Å². The standard InChI is InChI=1S/C10H16N2O2/c1-11-9-7-8(13-3)5-6-10(9)12(2)14-4/h5-7,11H,1-4H3. The lowest BCUT2D eigenvalue weighted by molar-refractivity contribution is 0.185. The van der Waals surface area contributed by atoms with Crippen molar-refractivity contribution in [1.82, 2.24) is 0 Å².